The van der Waals surface area contributed by atoms with Crippen LogP contribution in [-0.4, -0.2) is 22.3 Å². The lowest BCUT2D eigenvalue weighted by Gasteiger charge is -2.19. The van der Waals surface area contributed by atoms with E-state index in [0.29, 0.717) is 0 Å². The second-order valence-corrected chi connectivity index (χ2v) is 7.26. The minimum Gasteiger partial charge on any atom is -0.373 e. The van der Waals surface area contributed by atoms with Crippen molar-refractivity contribution < 1.29 is 0 Å². The van der Waals surface area contributed by atoms with Gasteiger partial charge in [0, 0.05) is 23.8 Å². The molecular formula is C14H23N3S. The smallest absolute Gasteiger partial charge is 0.137 e. The van der Waals surface area contributed by atoms with E-state index in [2.05, 4.69) is 37.1 Å². The number of aromatic nitrogens is 2. The molecule has 1 aromatic rings. The van der Waals surface area contributed by atoms with Gasteiger partial charge in [-0.3, -0.25) is 0 Å². The van der Waals surface area contributed by atoms with Crippen molar-refractivity contribution in [2.45, 2.75) is 62.1 Å². The summed E-state index contributed by atoms with van der Waals surface area (Å²) in [5.41, 5.74) is -0.00214. The topological polar surface area (TPSA) is 37.8 Å². The zero-order valence-electron chi connectivity index (χ0n) is 11.8. The van der Waals surface area contributed by atoms with Gasteiger partial charge in [-0.1, -0.05) is 33.6 Å². The molecule has 0 aromatic carbocycles. The molecule has 0 spiro atoms. The molecule has 3 nitrogen and oxygen atoms in total. The van der Waals surface area contributed by atoms with E-state index in [9.17, 15) is 0 Å². The van der Waals surface area contributed by atoms with Crippen LogP contribution in [0.2, 0.25) is 0 Å². The molecule has 1 aromatic heterocycles. The summed E-state index contributed by atoms with van der Waals surface area (Å²) in [6.45, 7) is 6.48. The van der Waals surface area contributed by atoms with Crippen molar-refractivity contribution in [3.8, 4) is 0 Å². The van der Waals surface area contributed by atoms with E-state index in [-0.39, 0.29) is 5.41 Å². The molecular weight excluding hydrogens is 242 g/mol. The minimum atomic E-state index is -0.00214. The van der Waals surface area contributed by atoms with Crippen LogP contribution in [0.5, 0.6) is 0 Å². The van der Waals surface area contributed by atoms with Crippen LogP contribution in [0.1, 0.15) is 52.3 Å². The van der Waals surface area contributed by atoms with Gasteiger partial charge >= 0.3 is 0 Å². The molecule has 0 atom stereocenters. The molecule has 1 saturated carbocycles. The first kappa shape index (κ1) is 13.7. The van der Waals surface area contributed by atoms with Gasteiger partial charge in [-0.05, 0) is 12.8 Å². The van der Waals surface area contributed by atoms with Crippen LogP contribution < -0.4 is 5.32 Å². The lowest BCUT2D eigenvalue weighted by molar-refractivity contribution is 0.539. The highest BCUT2D eigenvalue weighted by Gasteiger charge is 2.21. The van der Waals surface area contributed by atoms with Crippen LogP contribution in [0.3, 0.4) is 0 Å². The summed E-state index contributed by atoms with van der Waals surface area (Å²) in [5, 5.41) is 5.00. The van der Waals surface area contributed by atoms with Gasteiger partial charge in [0.2, 0.25) is 0 Å². The predicted octanol–water partition coefficient (Wildman–Crippen LogP) is 3.85. The van der Waals surface area contributed by atoms with E-state index in [1.165, 1.54) is 25.7 Å². The fourth-order valence-electron chi connectivity index (χ4n) is 2.13. The number of nitrogens with zero attached hydrogens (tertiary/aromatic N) is 2. The predicted molar refractivity (Wildman–Crippen MR) is 78.4 cm³/mol. The van der Waals surface area contributed by atoms with Gasteiger partial charge in [0.25, 0.3) is 0 Å². The van der Waals surface area contributed by atoms with Crippen LogP contribution in [0.25, 0.3) is 0 Å². The second kappa shape index (κ2) is 5.47. The fourth-order valence-corrected chi connectivity index (χ4v) is 3.36. The van der Waals surface area contributed by atoms with Crippen molar-refractivity contribution in [3.63, 3.8) is 0 Å². The molecule has 1 fully saturated rings. The lowest BCUT2D eigenvalue weighted by atomic mass is 9.96. The standard InChI is InChI=1S/C14H23N3S/c1-14(2,3)13-16-11(15-4)9-12(17-13)18-10-7-5-6-8-10/h9-10H,5-8H2,1-4H3,(H,15,16,17). The Hall–Kier alpha value is -0.770. The molecule has 0 aliphatic heterocycles. The van der Waals surface area contributed by atoms with Gasteiger partial charge < -0.3 is 5.32 Å². The Balaban J connectivity index is 2.23. The van der Waals surface area contributed by atoms with Crippen LogP contribution >= 0.6 is 11.8 Å². The van der Waals surface area contributed by atoms with Crippen LogP contribution in [0, 0.1) is 0 Å². The Morgan fingerprint density at radius 3 is 2.44 bits per heavy atom. The number of nitrogens with one attached hydrogen (secondary N) is 1. The molecule has 0 unspecified atom stereocenters. The van der Waals surface area contributed by atoms with Gasteiger partial charge in [-0.15, -0.1) is 11.8 Å². The van der Waals surface area contributed by atoms with Gasteiger partial charge in [0.15, 0.2) is 0 Å². The third-order valence-electron chi connectivity index (χ3n) is 3.22. The molecule has 18 heavy (non-hydrogen) atoms. The fraction of sp³-hybridized carbons (Fsp3) is 0.714. The average Bonchev–Trinajstić information content (AvgIpc) is 2.80. The van der Waals surface area contributed by atoms with E-state index in [1.54, 1.807) is 0 Å². The third-order valence-corrected chi connectivity index (χ3v) is 4.47. The molecule has 2 rings (SSSR count). The van der Waals surface area contributed by atoms with E-state index in [1.807, 2.05) is 18.8 Å². The molecule has 1 aliphatic carbocycles. The molecule has 0 radical (unpaired) electrons. The van der Waals surface area contributed by atoms with Gasteiger partial charge in [-0.25, -0.2) is 9.97 Å². The van der Waals surface area contributed by atoms with E-state index < -0.39 is 0 Å². The first-order valence-corrected chi connectivity index (χ1v) is 7.61. The number of thioether (sulfide) groups is 1. The number of hydrogen-bond donors (Lipinski definition) is 1. The van der Waals surface area contributed by atoms with Gasteiger partial charge in [-0.2, -0.15) is 0 Å². The Morgan fingerprint density at radius 2 is 1.89 bits per heavy atom. The Morgan fingerprint density at radius 1 is 1.22 bits per heavy atom. The molecule has 0 amide bonds. The quantitative estimate of drug-likeness (QED) is 0.842. The first-order chi connectivity index (χ1) is 8.49. The Labute approximate surface area is 114 Å². The van der Waals surface area contributed by atoms with Crippen molar-refractivity contribution in [2.24, 2.45) is 0 Å². The maximum absolute atomic E-state index is 4.73. The highest BCUT2D eigenvalue weighted by atomic mass is 32.2. The summed E-state index contributed by atoms with van der Waals surface area (Å²) >= 11 is 1.92. The van der Waals surface area contributed by atoms with Crippen LogP contribution in [0.4, 0.5) is 5.82 Å². The average molecular weight is 265 g/mol. The Bertz CT molecular complexity index is 406. The highest BCUT2D eigenvalue weighted by Crippen LogP contribution is 2.35. The van der Waals surface area contributed by atoms with Crippen molar-refractivity contribution in [3.05, 3.63) is 11.9 Å². The van der Waals surface area contributed by atoms with Gasteiger partial charge in [0.05, 0.1) is 0 Å². The van der Waals surface area contributed by atoms with Crippen molar-refractivity contribution in [1.82, 2.24) is 9.97 Å². The van der Waals surface area contributed by atoms with Crippen molar-refractivity contribution >= 4 is 17.6 Å². The number of rotatable bonds is 3. The maximum atomic E-state index is 4.73. The summed E-state index contributed by atoms with van der Waals surface area (Å²) in [7, 11) is 1.92. The minimum absolute atomic E-state index is 0.00214. The molecule has 0 bridgehead atoms. The molecule has 4 heteroatoms. The normalized spacial score (nSPS) is 17.1. The maximum Gasteiger partial charge on any atom is 0.137 e. The molecule has 1 heterocycles. The second-order valence-electron chi connectivity index (χ2n) is 5.94. The monoisotopic (exact) mass is 265 g/mol. The zero-order chi connectivity index (χ0) is 13.2. The van der Waals surface area contributed by atoms with Crippen molar-refractivity contribution in [2.75, 3.05) is 12.4 Å². The van der Waals surface area contributed by atoms with Crippen LogP contribution in [0.15, 0.2) is 11.1 Å². The summed E-state index contributed by atoms with van der Waals surface area (Å²) in [5.74, 6) is 1.85. The summed E-state index contributed by atoms with van der Waals surface area (Å²) in [4.78, 5) is 9.29. The SMILES string of the molecule is CNc1cc(SC2CCCC2)nc(C(C)(C)C)n1. The molecule has 100 valence electrons. The van der Waals surface area contributed by atoms with E-state index in [4.69, 9.17) is 4.98 Å². The molecule has 0 saturated heterocycles. The lowest BCUT2D eigenvalue weighted by Crippen LogP contribution is -2.17. The Kier molecular flexibility index (Phi) is 4.15. The van der Waals surface area contributed by atoms with Crippen LogP contribution in [-0.2, 0) is 5.41 Å². The zero-order valence-corrected chi connectivity index (χ0v) is 12.6. The first-order valence-electron chi connectivity index (χ1n) is 6.73. The summed E-state index contributed by atoms with van der Waals surface area (Å²) in [6, 6.07) is 2.07. The largest absolute Gasteiger partial charge is 0.373 e. The van der Waals surface area contributed by atoms with Crippen molar-refractivity contribution in [1.29, 1.82) is 0 Å². The number of anilines is 1. The molecule has 1 aliphatic rings. The highest BCUT2D eigenvalue weighted by molar-refractivity contribution is 7.99. The van der Waals surface area contributed by atoms with Gasteiger partial charge in [0.1, 0.15) is 16.7 Å². The van der Waals surface area contributed by atoms with E-state index in [0.717, 1.165) is 21.9 Å². The molecule has 1 N–H and O–H groups in total. The number of hydrogen-bond acceptors (Lipinski definition) is 4. The summed E-state index contributed by atoms with van der Waals surface area (Å²) in [6.07, 6.45) is 5.39. The third kappa shape index (κ3) is 3.37. The summed E-state index contributed by atoms with van der Waals surface area (Å²) < 4.78 is 0. The van der Waals surface area contributed by atoms with E-state index >= 15 is 0 Å².